The molecule has 6 nitrogen and oxygen atoms in total. The fourth-order valence-electron chi connectivity index (χ4n) is 1.55. The lowest BCUT2D eigenvalue weighted by molar-refractivity contribution is 0.0692. The maximum atomic E-state index is 12.3. The molecule has 0 aliphatic carbocycles. The Bertz CT molecular complexity index is 809. The third-order valence-corrected chi connectivity index (χ3v) is 4.80. The van der Waals surface area contributed by atoms with Crippen molar-refractivity contribution in [2.24, 2.45) is 0 Å². The number of pyridine rings is 1. The lowest BCUT2D eigenvalue weighted by Crippen LogP contribution is -2.16. The molecule has 1 aromatic heterocycles. The first-order chi connectivity index (χ1) is 9.83. The van der Waals surface area contributed by atoms with Crippen molar-refractivity contribution in [3.63, 3.8) is 0 Å². The van der Waals surface area contributed by atoms with Gasteiger partial charge in [0, 0.05) is 6.20 Å². The summed E-state index contributed by atoms with van der Waals surface area (Å²) in [5.41, 5.74) is -0.583. The zero-order valence-electron chi connectivity index (χ0n) is 10.2. The molecule has 0 fully saturated rings. The molecule has 21 heavy (non-hydrogen) atoms. The van der Waals surface area contributed by atoms with Crippen LogP contribution in [0.3, 0.4) is 0 Å². The first-order valence-electron chi connectivity index (χ1n) is 5.48. The minimum atomic E-state index is -4.09. The molecule has 0 spiro atoms. The van der Waals surface area contributed by atoms with Gasteiger partial charge in [-0.3, -0.25) is 4.72 Å². The lowest BCUT2D eigenvalue weighted by Gasteiger charge is -2.11. The van der Waals surface area contributed by atoms with Crippen LogP contribution in [0.2, 0.25) is 10.0 Å². The third-order valence-electron chi connectivity index (χ3n) is 2.46. The second-order valence-electron chi connectivity index (χ2n) is 3.86. The molecule has 0 aliphatic rings. The summed E-state index contributed by atoms with van der Waals surface area (Å²) in [7, 11) is -4.09. The van der Waals surface area contributed by atoms with Crippen LogP contribution in [0.1, 0.15) is 10.5 Å². The average molecular weight is 347 g/mol. The Labute approximate surface area is 130 Å². The fourth-order valence-corrected chi connectivity index (χ4v) is 3.38. The van der Waals surface area contributed by atoms with Crippen LogP contribution < -0.4 is 4.72 Å². The summed E-state index contributed by atoms with van der Waals surface area (Å²) < 4.78 is 26.7. The highest BCUT2D eigenvalue weighted by Crippen LogP contribution is 2.30. The van der Waals surface area contributed by atoms with Crippen molar-refractivity contribution in [2.45, 2.75) is 4.90 Å². The van der Waals surface area contributed by atoms with Crippen LogP contribution in [0, 0.1) is 0 Å². The van der Waals surface area contributed by atoms with E-state index in [1.54, 1.807) is 0 Å². The van der Waals surface area contributed by atoms with Crippen molar-refractivity contribution in [1.29, 1.82) is 0 Å². The second kappa shape index (κ2) is 5.88. The normalized spacial score (nSPS) is 11.1. The van der Waals surface area contributed by atoms with E-state index in [9.17, 15) is 13.2 Å². The van der Waals surface area contributed by atoms with Gasteiger partial charge in [-0.15, -0.1) is 0 Å². The number of hydrogen-bond donors (Lipinski definition) is 2. The van der Waals surface area contributed by atoms with E-state index in [-0.39, 0.29) is 20.6 Å². The van der Waals surface area contributed by atoms with Crippen LogP contribution in [-0.4, -0.2) is 24.5 Å². The Morgan fingerprint density at radius 2 is 1.90 bits per heavy atom. The van der Waals surface area contributed by atoms with E-state index < -0.39 is 21.7 Å². The zero-order chi connectivity index (χ0) is 15.6. The summed E-state index contributed by atoms with van der Waals surface area (Å²) >= 11 is 11.6. The van der Waals surface area contributed by atoms with Gasteiger partial charge in [-0.1, -0.05) is 29.3 Å². The predicted molar refractivity (Wildman–Crippen MR) is 78.5 cm³/mol. The van der Waals surface area contributed by atoms with Gasteiger partial charge in [0.2, 0.25) is 0 Å². The Balaban J connectivity index is 2.48. The molecule has 9 heteroatoms. The molecule has 0 aliphatic heterocycles. The second-order valence-corrected chi connectivity index (χ2v) is 6.30. The van der Waals surface area contributed by atoms with E-state index in [0.717, 1.165) is 0 Å². The maximum Gasteiger partial charge on any atom is 0.356 e. The molecule has 110 valence electrons. The summed E-state index contributed by atoms with van der Waals surface area (Å²) in [6.07, 6.45) is 1.24. The summed E-state index contributed by atoms with van der Waals surface area (Å²) in [5.74, 6) is -1.36. The van der Waals surface area contributed by atoms with Crippen LogP contribution in [0.4, 0.5) is 5.69 Å². The Kier molecular flexibility index (Phi) is 4.36. The van der Waals surface area contributed by atoms with Gasteiger partial charge >= 0.3 is 5.97 Å². The first kappa shape index (κ1) is 15.6. The SMILES string of the molecule is O=C(O)c1ncccc1NS(=O)(=O)c1cccc(Cl)c1Cl. The number of nitrogens with zero attached hydrogens (tertiary/aromatic N) is 1. The van der Waals surface area contributed by atoms with Crippen LogP contribution in [0.15, 0.2) is 41.4 Å². The van der Waals surface area contributed by atoms with E-state index in [2.05, 4.69) is 9.71 Å². The molecule has 0 unspecified atom stereocenters. The van der Waals surface area contributed by atoms with E-state index in [1.165, 1.54) is 36.5 Å². The molecule has 0 bridgehead atoms. The molecule has 2 N–H and O–H groups in total. The van der Waals surface area contributed by atoms with Gasteiger partial charge in [0.05, 0.1) is 15.7 Å². The number of anilines is 1. The molecule has 2 aromatic rings. The molecule has 0 atom stereocenters. The highest BCUT2D eigenvalue weighted by atomic mass is 35.5. The Morgan fingerprint density at radius 3 is 2.57 bits per heavy atom. The van der Waals surface area contributed by atoms with Gasteiger partial charge < -0.3 is 5.11 Å². The van der Waals surface area contributed by atoms with Crippen molar-refractivity contribution in [1.82, 2.24) is 4.98 Å². The number of halogens is 2. The standard InChI is InChI=1S/C12H8Cl2N2O4S/c13-7-3-1-5-9(10(7)14)21(19,20)16-8-4-2-6-15-11(8)12(17)18/h1-6,16H,(H,17,18). The van der Waals surface area contributed by atoms with Gasteiger partial charge in [0.25, 0.3) is 10.0 Å². The third kappa shape index (κ3) is 3.26. The quantitative estimate of drug-likeness (QED) is 0.887. The largest absolute Gasteiger partial charge is 0.476 e. The molecule has 0 radical (unpaired) electrons. The smallest absolute Gasteiger partial charge is 0.356 e. The fraction of sp³-hybridized carbons (Fsp3) is 0. The van der Waals surface area contributed by atoms with Crippen molar-refractivity contribution in [3.8, 4) is 0 Å². The monoisotopic (exact) mass is 346 g/mol. The van der Waals surface area contributed by atoms with Gasteiger partial charge in [0.15, 0.2) is 5.69 Å². The van der Waals surface area contributed by atoms with E-state index in [1.807, 2.05) is 0 Å². The highest BCUT2D eigenvalue weighted by molar-refractivity contribution is 7.92. The maximum absolute atomic E-state index is 12.3. The van der Waals surface area contributed by atoms with E-state index in [4.69, 9.17) is 28.3 Å². The average Bonchev–Trinajstić information content (AvgIpc) is 2.41. The zero-order valence-corrected chi connectivity index (χ0v) is 12.6. The molecule has 0 saturated carbocycles. The summed E-state index contributed by atoms with van der Waals surface area (Å²) in [6, 6.07) is 6.81. The number of carbonyl (C=O) groups is 1. The first-order valence-corrected chi connectivity index (χ1v) is 7.72. The number of hydrogen-bond acceptors (Lipinski definition) is 4. The minimum absolute atomic E-state index is 0.0733. The molecule has 2 rings (SSSR count). The lowest BCUT2D eigenvalue weighted by atomic mass is 10.3. The number of rotatable bonds is 4. The number of nitrogens with one attached hydrogen (secondary N) is 1. The number of aromatic carboxylic acids is 1. The summed E-state index contributed by atoms with van der Waals surface area (Å²) in [5, 5.41) is 8.91. The Hall–Kier alpha value is -1.83. The number of sulfonamides is 1. The minimum Gasteiger partial charge on any atom is -0.476 e. The topological polar surface area (TPSA) is 96.4 Å². The van der Waals surface area contributed by atoms with Gasteiger partial charge in [-0.05, 0) is 24.3 Å². The van der Waals surface area contributed by atoms with Crippen molar-refractivity contribution in [2.75, 3.05) is 4.72 Å². The van der Waals surface area contributed by atoms with Crippen LogP contribution >= 0.6 is 23.2 Å². The number of carboxylic acid groups (broad SMARTS) is 1. The van der Waals surface area contributed by atoms with E-state index in [0.29, 0.717) is 0 Å². The number of aromatic nitrogens is 1. The van der Waals surface area contributed by atoms with Crippen molar-refractivity contribution >= 4 is 44.9 Å². The molecule has 1 aromatic carbocycles. The number of benzene rings is 1. The summed E-state index contributed by atoms with van der Waals surface area (Å²) in [6.45, 7) is 0. The Morgan fingerprint density at radius 1 is 1.19 bits per heavy atom. The van der Waals surface area contributed by atoms with Crippen LogP contribution in [-0.2, 0) is 10.0 Å². The molecule has 0 amide bonds. The van der Waals surface area contributed by atoms with Gasteiger partial charge in [0.1, 0.15) is 4.90 Å². The number of carboxylic acids is 1. The molecular weight excluding hydrogens is 339 g/mol. The predicted octanol–water partition coefficient (Wildman–Crippen LogP) is 2.89. The van der Waals surface area contributed by atoms with Crippen LogP contribution in [0.25, 0.3) is 0 Å². The molecular formula is C12H8Cl2N2O4S. The van der Waals surface area contributed by atoms with Gasteiger partial charge in [-0.2, -0.15) is 0 Å². The van der Waals surface area contributed by atoms with Crippen molar-refractivity contribution in [3.05, 3.63) is 52.3 Å². The van der Waals surface area contributed by atoms with Crippen LogP contribution in [0.5, 0.6) is 0 Å². The molecule has 0 saturated heterocycles. The highest BCUT2D eigenvalue weighted by Gasteiger charge is 2.22. The summed E-state index contributed by atoms with van der Waals surface area (Å²) in [4.78, 5) is 14.4. The van der Waals surface area contributed by atoms with Gasteiger partial charge in [-0.25, -0.2) is 18.2 Å². The van der Waals surface area contributed by atoms with E-state index >= 15 is 0 Å². The molecule has 1 heterocycles. The van der Waals surface area contributed by atoms with Crippen molar-refractivity contribution < 1.29 is 18.3 Å².